The van der Waals surface area contributed by atoms with Crippen LogP contribution in [0, 0.1) is 0 Å². The Bertz CT molecular complexity index is 1130. The topological polar surface area (TPSA) is 98.2 Å². The number of carbonyl (C=O) groups excluding carboxylic acids is 1. The molecule has 0 radical (unpaired) electrons. The maximum Gasteiger partial charge on any atom is 0.270 e. The number of ether oxygens (including phenoxy) is 1. The molecule has 0 aliphatic rings. The first-order valence-corrected chi connectivity index (χ1v) is 10.8. The molecule has 2 heterocycles. The van der Waals surface area contributed by atoms with Crippen molar-refractivity contribution in [2.45, 2.75) is 37.7 Å². The van der Waals surface area contributed by atoms with Crippen LogP contribution >= 0.6 is 0 Å². The molecule has 1 amide bonds. The van der Waals surface area contributed by atoms with Crippen molar-refractivity contribution >= 4 is 15.9 Å². The summed E-state index contributed by atoms with van der Waals surface area (Å²) in [5.74, 6) is -0.767. The molecule has 1 aromatic carbocycles. The fourth-order valence-corrected chi connectivity index (χ4v) is 3.59. The lowest BCUT2D eigenvalue weighted by molar-refractivity contribution is 0.0975. The second-order valence-electron chi connectivity index (χ2n) is 7.66. The lowest BCUT2D eigenvalue weighted by Gasteiger charge is -2.20. The van der Waals surface area contributed by atoms with Crippen LogP contribution in [-0.4, -0.2) is 24.3 Å². The summed E-state index contributed by atoms with van der Waals surface area (Å²) in [6.07, 6.45) is 1.64. The van der Waals surface area contributed by atoms with E-state index < -0.39 is 15.9 Å². The molecule has 0 unspecified atom stereocenters. The van der Waals surface area contributed by atoms with Crippen LogP contribution in [0.5, 0.6) is 5.88 Å². The highest BCUT2D eigenvalue weighted by molar-refractivity contribution is 7.90. The van der Waals surface area contributed by atoms with Crippen LogP contribution in [-0.2, 0) is 22.0 Å². The molecular weight excluding hydrogens is 402 g/mol. The molecule has 0 aliphatic heterocycles. The number of nitrogens with one attached hydrogen (secondary N) is 1. The fraction of sp³-hybridized carbons (Fsp3) is 0.227. The summed E-state index contributed by atoms with van der Waals surface area (Å²) in [5, 5.41) is 0. The average Bonchev–Trinajstić information content (AvgIpc) is 2.72. The summed E-state index contributed by atoms with van der Waals surface area (Å²) >= 11 is 0. The number of pyridine rings is 2. The van der Waals surface area contributed by atoms with Crippen LogP contribution in [0.15, 0.2) is 71.8 Å². The Morgan fingerprint density at radius 1 is 1.00 bits per heavy atom. The van der Waals surface area contributed by atoms with Crippen molar-refractivity contribution in [3.8, 4) is 5.88 Å². The lowest BCUT2D eigenvalue weighted by Crippen LogP contribution is -2.31. The Morgan fingerprint density at radius 2 is 1.70 bits per heavy atom. The standard InChI is InChI=1S/C22H23N3O4S/c1-22(2,3)19-13-12-18(21(24-19)29-15-16-9-7-8-14-23-16)20(26)25-30(27,28)17-10-5-4-6-11-17/h4-14H,15H2,1-3H3,(H,25,26). The van der Waals surface area contributed by atoms with Crippen molar-refractivity contribution in [3.05, 3.63) is 83.8 Å². The number of hydrogen-bond acceptors (Lipinski definition) is 6. The molecule has 2 aromatic heterocycles. The Hall–Kier alpha value is -3.26. The monoisotopic (exact) mass is 425 g/mol. The molecule has 30 heavy (non-hydrogen) atoms. The molecule has 0 fully saturated rings. The smallest absolute Gasteiger partial charge is 0.270 e. The SMILES string of the molecule is CC(C)(C)c1ccc(C(=O)NS(=O)(=O)c2ccccc2)c(OCc2ccccn2)n1. The highest BCUT2D eigenvalue weighted by Crippen LogP contribution is 2.26. The molecule has 0 saturated carbocycles. The summed E-state index contributed by atoms with van der Waals surface area (Å²) in [4.78, 5) is 21.5. The van der Waals surface area contributed by atoms with Gasteiger partial charge < -0.3 is 4.74 Å². The predicted octanol–water partition coefficient (Wildman–Crippen LogP) is 3.47. The Labute approximate surface area is 176 Å². The number of aromatic nitrogens is 2. The minimum atomic E-state index is -4.03. The predicted molar refractivity (Wildman–Crippen MR) is 113 cm³/mol. The van der Waals surface area contributed by atoms with Gasteiger partial charge in [0.25, 0.3) is 15.9 Å². The normalized spacial score (nSPS) is 11.7. The van der Waals surface area contributed by atoms with E-state index in [1.165, 1.54) is 18.2 Å². The Balaban J connectivity index is 1.91. The number of nitrogens with zero attached hydrogens (tertiary/aromatic N) is 2. The van der Waals surface area contributed by atoms with Crippen molar-refractivity contribution in [3.63, 3.8) is 0 Å². The third kappa shape index (κ3) is 5.21. The quantitative estimate of drug-likeness (QED) is 0.649. The van der Waals surface area contributed by atoms with E-state index in [9.17, 15) is 13.2 Å². The molecule has 3 rings (SSSR count). The van der Waals surface area contributed by atoms with Crippen LogP contribution in [0.25, 0.3) is 0 Å². The molecule has 3 aromatic rings. The third-order valence-electron chi connectivity index (χ3n) is 4.24. The molecule has 0 saturated heterocycles. The molecule has 0 spiro atoms. The highest BCUT2D eigenvalue weighted by atomic mass is 32.2. The largest absolute Gasteiger partial charge is 0.471 e. The van der Waals surface area contributed by atoms with Gasteiger partial charge in [-0.15, -0.1) is 0 Å². The van der Waals surface area contributed by atoms with Crippen LogP contribution < -0.4 is 9.46 Å². The molecule has 0 atom stereocenters. The first-order valence-electron chi connectivity index (χ1n) is 9.33. The molecule has 1 N–H and O–H groups in total. The maximum atomic E-state index is 12.8. The van der Waals surface area contributed by atoms with Crippen LogP contribution in [0.1, 0.15) is 42.5 Å². The molecule has 8 heteroatoms. The lowest BCUT2D eigenvalue weighted by atomic mass is 9.91. The number of carbonyl (C=O) groups is 1. The highest BCUT2D eigenvalue weighted by Gasteiger charge is 2.24. The van der Waals surface area contributed by atoms with Gasteiger partial charge in [-0.25, -0.2) is 18.1 Å². The van der Waals surface area contributed by atoms with Crippen LogP contribution in [0.2, 0.25) is 0 Å². The fourth-order valence-electron chi connectivity index (χ4n) is 2.60. The van der Waals surface area contributed by atoms with Gasteiger partial charge in [0.1, 0.15) is 12.2 Å². The first-order chi connectivity index (χ1) is 14.2. The van der Waals surface area contributed by atoms with Crippen molar-refractivity contribution < 1.29 is 17.9 Å². The number of benzene rings is 1. The maximum absolute atomic E-state index is 12.8. The van der Waals surface area contributed by atoms with Gasteiger partial charge >= 0.3 is 0 Å². The van der Waals surface area contributed by atoms with Crippen LogP contribution in [0.4, 0.5) is 0 Å². The van der Waals surface area contributed by atoms with Crippen molar-refractivity contribution in [1.82, 2.24) is 14.7 Å². The van der Waals surface area contributed by atoms with Gasteiger partial charge in [-0.1, -0.05) is 45.0 Å². The minimum Gasteiger partial charge on any atom is -0.471 e. The summed E-state index contributed by atoms with van der Waals surface area (Å²) in [6, 6.07) is 16.3. The van der Waals surface area contributed by atoms with E-state index >= 15 is 0 Å². The van der Waals surface area contributed by atoms with E-state index in [4.69, 9.17) is 4.74 Å². The van der Waals surface area contributed by atoms with Gasteiger partial charge in [-0.2, -0.15) is 0 Å². The zero-order chi connectivity index (χ0) is 21.8. The first kappa shape index (κ1) is 21.4. The molecule has 7 nitrogen and oxygen atoms in total. The molecular formula is C22H23N3O4S. The van der Waals surface area contributed by atoms with Gasteiger partial charge in [0.05, 0.1) is 10.6 Å². The number of rotatable bonds is 6. The van der Waals surface area contributed by atoms with Crippen molar-refractivity contribution in [2.75, 3.05) is 0 Å². The summed E-state index contributed by atoms with van der Waals surface area (Å²) in [5.41, 5.74) is 1.11. The molecule has 0 bridgehead atoms. The van der Waals surface area contributed by atoms with E-state index in [1.54, 1.807) is 42.6 Å². The van der Waals surface area contributed by atoms with E-state index in [2.05, 4.69) is 14.7 Å². The van der Waals surface area contributed by atoms with E-state index in [1.807, 2.05) is 26.8 Å². The molecule has 156 valence electrons. The second kappa shape index (κ2) is 8.62. The van der Waals surface area contributed by atoms with E-state index in [0.717, 1.165) is 0 Å². The van der Waals surface area contributed by atoms with Gasteiger partial charge in [-0.3, -0.25) is 9.78 Å². The summed E-state index contributed by atoms with van der Waals surface area (Å²) < 4.78 is 32.9. The second-order valence-corrected chi connectivity index (χ2v) is 9.34. The van der Waals surface area contributed by atoms with Crippen LogP contribution in [0.3, 0.4) is 0 Å². The molecule has 0 aliphatic carbocycles. The van der Waals surface area contributed by atoms with Gasteiger partial charge in [0.15, 0.2) is 0 Å². The summed E-state index contributed by atoms with van der Waals surface area (Å²) in [6.45, 7) is 6.04. The average molecular weight is 426 g/mol. The van der Waals surface area contributed by atoms with E-state index in [0.29, 0.717) is 11.4 Å². The number of amides is 1. The summed E-state index contributed by atoms with van der Waals surface area (Å²) in [7, 11) is -4.03. The van der Waals surface area contributed by atoms with Gasteiger partial charge in [0, 0.05) is 17.3 Å². The van der Waals surface area contributed by atoms with Gasteiger partial charge in [0.2, 0.25) is 5.88 Å². The Morgan fingerprint density at radius 3 is 2.33 bits per heavy atom. The number of sulfonamides is 1. The van der Waals surface area contributed by atoms with Crippen molar-refractivity contribution in [2.24, 2.45) is 0 Å². The minimum absolute atomic E-state index is 0.00595. The third-order valence-corrected chi connectivity index (χ3v) is 5.58. The van der Waals surface area contributed by atoms with Crippen molar-refractivity contribution in [1.29, 1.82) is 0 Å². The van der Waals surface area contributed by atoms with E-state index in [-0.39, 0.29) is 28.4 Å². The zero-order valence-electron chi connectivity index (χ0n) is 17.0. The Kier molecular flexibility index (Phi) is 6.17. The zero-order valence-corrected chi connectivity index (χ0v) is 17.8. The number of hydrogen-bond donors (Lipinski definition) is 1. The van der Waals surface area contributed by atoms with Gasteiger partial charge in [-0.05, 0) is 36.4 Å².